The molecule has 1 aliphatic carbocycles. The number of rotatable bonds is 5. The van der Waals surface area contributed by atoms with Crippen molar-refractivity contribution in [2.45, 2.75) is 18.9 Å². The standard InChI is InChI=1S/C25H23N5O2/c1-2-21(31)30-14-25(15-30)12-18(13-25)29-24-22(23(26)27-16-28-24)17-8-10-20(11-9-17)32-19-6-4-3-5-7-19/h1,3-11,16,18H,12-15H2,(H3,26,27,28,29). The maximum Gasteiger partial charge on any atom is 0.298 e. The highest BCUT2D eigenvalue weighted by molar-refractivity contribution is 5.93. The summed E-state index contributed by atoms with van der Waals surface area (Å²) in [4.78, 5) is 22.0. The minimum absolute atomic E-state index is 0.180. The lowest BCUT2D eigenvalue weighted by Gasteiger charge is -2.58. The van der Waals surface area contributed by atoms with Crippen LogP contribution in [0.5, 0.6) is 11.5 Å². The summed E-state index contributed by atoms with van der Waals surface area (Å²) in [5, 5.41) is 3.52. The first-order chi connectivity index (χ1) is 15.5. The average molecular weight is 425 g/mol. The number of carbonyl (C=O) groups is 1. The zero-order valence-electron chi connectivity index (χ0n) is 17.5. The van der Waals surface area contributed by atoms with Crippen LogP contribution in [0.3, 0.4) is 0 Å². The minimum atomic E-state index is -0.224. The highest BCUT2D eigenvalue weighted by Crippen LogP contribution is 2.49. The molecule has 2 aliphatic rings. The van der Waals surface area contributed by atoms with E-state index in [0.29, 0.717) is 11.6 Å². The monoisotopic (exact) mass is 425 g/mol. The van der Waals surface area contributed by atoms with Gasteiger partial charge in [-0.05, 0) is 48.6 Å². The molecule has 7 nitrogen and oxygen atoms in total. The molecule has 0 bridgehead atoms. The van der Waals surface area contributed by atoms with Gasteiger partial charge in [0.25, 0.3) is 5.91 Å². The van der Waals surface area contributed by atoms with Gasteiger partial charge in [0.15, 0.2) is 0 Å². The van der Waals surface area contributed by atoms with Crippen LogP contribution in [0.1, 0.15) is 12.8 Å². The van der Waals surface area contributed by atoms with Crippen LogP contribution in [0.2, 0.25) is 0 Å². The largest absolute Gasteiger partial charge is 0.457 e. The van der Waals surface area contributed by atoms with Crippen molar-refractivity contribution in [3.8, 4) is 35.0 Å². The van der Waals surface area contributed by atoms with Crippen LogP contribution in [0.4, 0.5) is 11.6 Å². The van der Waals surface area contributed by atoms with Gasteiger partial charge < -0.3 is 20.7 Å². The number of terminal acetylenes is 1. The predicted molar refractivity (Wildman–Crippen MR) is 123 cm³/mol. The van der Waals surface area contributed by atoms with Crippen LogP contribution < -0.4 is 15.8 Å². The molecule has 5 rings (SSSR count). The summed E-state index contributed by atoms with van der Waals surface area (Å²) >= 11 is 0. The molecular weight excluding hydrogens is 402 g/mol. The predicted octanol–water partition coefficient (Wildman–Crippen LogP) is 3.55. The van der Waals surface area contributed by atoms with E-state index in [1.54, 1.807) is 4.90 Å². The molecule has 1 aromatic heterocycles. The minimum Gasteiger partial charge on any atom is -0.457 e. The number of aromatic nitrogens is 2. The molecule has 2 fully saturated rings. The maximum absolute atomic E-state index is 11.6. The number of hydrogen-bond donors (Lipinski definition) is 2. The van der Waals surface area contributed by atoms with Gasteiger partial charge in [-0.3, -0.25) is 4.79 Å². The molecule has 1 amide bonds. The summed E-state index contributed by atoms with van der Waals surface area (Å²) < 4.78 is 5.88. The Labute approximate surface area is 186 Å². The first-order valence-electron chi connectivity index (χ1n) is 10.5. The van der Waals surface area contributed by atoms with Crippen LogP contribution in [-0.4, -0.2) is 39.9 Å². The van der Waals surface area contributed by atoms with Crippen molar-refractivity contribution in [1.29, 1.82) is 0 Å². The number of nitrogens with two attached hydrogens (primary N) is 1. The van der Waals surface area contributed by atoms with E-state index in [2.05, 4.69) is 21.2 Å². The van der Waals surface area contributed by atoms with E-state index in [0.717, 1.165) is 48.6 Å². The lowest BCUT2D eigenvalue weighted by atomic mass is 9.60. The Kier molecular flexibility index (Phi) is 4.91. The molecule has 0 atom stereocenters. The van der Waals surface area contributed by atoms with Crippen molar-refractivity contribution < 1.29 is 9.53 Å². The summed E-state index contributed by atoms with van der Waals surface area (Å²) in [5.74, 6) is 4.61. The Hall–Kier alpha value is -4.05. The summed E-state index contributed by atoms with van der Waals surface area (Å²) in [6.07, 6.45) is 8.61. The molecule has 1 spiro atoms. The van der Waals surface area contributed by atoms with Crippen molar-refractivity contribution in [3.63, 3.8) is 0 Å². The lowest BCUT2D eigenvalue weighted by Crippen LogP contribution is -2.66. The molecule has 1 aliphatic heterocycles. The van der Waals surface area contributed by atoms with Crippen LogP contribution in [-0.2, 0) is 4.79 Å². The zero-order valence-corrected chi connectivity index (χ0v) is 17.5. The number of ether oxygens (including phenoxy) is 1. The van der Waals surface area contributed by atoms with Gasteiger partial charge in [-0.1, -0.05) is 30.3 Å². The second kappa shape index (κ2) is 7.89. The van der Waals surface area contributed by atoms with Crippen molar-refractivity contribution in [2.75, 3.05) is 24.1 Å². The Bertz CT molecular complexity index is 1170. The van der Waals surface area contributed by atoms with E-state index < -0.39 is 0 Å². The van der Waals surface area contributed by atoms with Crippen molar-refractivity contribution >= 4 is 17.5 Å². The highest BCUT2D eigenvalue weighted by Gasteiger charge is 2.53. The van der Waals surface area contributed by atoms with Gasteiger partial charge in [-0.25, -0.2) is 9.97 Å². The first kappa shape index (κ1) is 19.9. The zero-order chi connectivity index (χ0) is 22.1. The van der Waals surface area contributed by atoms with Gasteiger partial charge in [-0.2, -0.15) is 0 Å². The summed E-state index contributed by atoms with van der Waals surface area (Å²) in [6, 6.07) is 17.6. The van der Waals surface area contributed by atoms with Gasteiger partial charge >= 0.3 is 0 Å². The summed E-state index contributed by atoms with van der Waals surface area (Å²) in [5.41, 5.74) is 8.09. The molecule has 32 heavy (non-hydrogen) atoms. The quantitative estimate of drug-likeness (QED) is 0.607. The molecule has 3 aromatic rings. The van der Waals surface area contributed by atoms with Gasteiger partial charge in [-0.15, -0.1) is 6.42 Å². The van der Waals surface area contributed by atoms with Crippen LogP contribution in [0.25, 0.3) is 11.1 Å². The molecule has 1 saturated heterocycles. The number of likely N-dealkylation sites (tertiary alicyclic amines) is 1. The SMILES string of the molecule is C#CC(=O)N1CC2(CC(Nc3ncnc(N)c3-c3ccc(Oc4ccccc4)cc3)C2)C1. The van der Waals surface area contributed by atoms with Crippen molar-refractivity contribution in [3.05, 3.63) is 60.9 Å². The van der Waals surface area contributed by atoms with Crippen LogP contribution in [0.15, 0.2) is 60.9 Å². The van der Waals surface area contributed by atoms with Crippen LogP contribution >= 0.6 is 0 Å². The number of nitrogens with one attached hydrogen (secondary N) is 1. The number of carbonyl (C=O) groups excluding carboxylic acids is 1. The molecule has 2 aromatic carbocycles. The van der Waals surface area contributed by atoms with E-state index in [1.807, 2.05) is 54.6 Å². The number of amides is 1. The van der Waals surface area contributed by atoms with Crippen LogP contribution in [0, 0.1) is 17.8 Å². The Morgan fingerprint density at radius 2 is 1.78 bits per heavy atom. The Morgan fingerprint density at radius 1 is 1.09 bits per heavy atom. The number of nitrogen functional groups attached to an aromatic ring is 1. The molecular formula is C25H23N5O2. The highest BCUT2D eigenvalue weighted by atomic mass is 16.5. The number of hydrogen-bond acceptors (Lipinski definition) is 6. The third kappa shape index (κ3) is 3.71. The van der Waals surface area contributed by atoms with E-state index in [1.165, 1.54) is 6.33 Å². The fraction of sp³-hybridized carbons (Fsp3) is 0.240. The second-order valence-corrected chi connectivity index (χ2v) is 8.48. The fourth-order valence-electron chi connectivity index (χ4n) is 4.65. The van der Waals surface area contributed by atoms with Gasteiger partial charge in [0.1, 0.15) is 29.5 Å². The Balaban J connectivity index is 1.27. The summed E-state index contributed by atoms with van der Waals surface area (Å²) in [7, 11) is 0. The molecule has 2 heterocycles. The fourth-order valence-corrected chi connectivity index (χ4v) is 4.65. The first-order valence-corrected chi connectivity index (χ1v) is 10.5. The number of para-hydroxylation sites is 1. The normalized spacial score (nSPS) is 16.5. The molecule has 0 radical (unpaired) electrons. The molecule has 7 heteroatoms. The van der Waals surface area contributed by atoms with Gasteiger partial charge in [0.05, 0.1) is 5.56 Å². The van der Waals surface area contributed by atoms with Crippen molar-refractivity contribution in [2.24, 2.45) is 5.41 Å². The van der Waals surface area contributed by atoms with E-state index in [4.69, 9.17) is 16.9 Å². The third-order valence-electron chi connectivity index (χ3n) is 6.16. The van der Waals surface area contributed by atoms with E-state index in [9.17, 15) is 4.79 Å². The molecule has 1 saturated carbocycles. The topological polar surface area (TPSA) is 93.4 Å². The van der Waals surface area contributed by atoms with E-state index >= 15 is 0 Å². The second-order valence-electron chi connectivity index (χ2n) is 8.48. The van der Waals surface area contributed by atoms with Gasteiger partial charge in [0, 0.05) is 24.5 Å². The molecule has 0 unspecified atom stereocenters. The Morgan fingerprint density at radius 3 is 2.47 bits per heavy atom. The smallest absolute Gasteiger partial charge is 0.298 e. The molecule has 160 valence electrons. The van der Waals surface area contributed by atoms with Gasteiger partial charge in [0.2, 0.25) is 0 Å². The van der Waals surface area contributed by atoms with E-state index in [-0.39, 0.29) is 17.4 Å². The lowest BCUT2D eigenvalue weighted by molar-refractivity contribution is -0.144. The third-order valence-corrected chi connectivity index (χ3v) is 6.16. The maximum atomic E-state index is 11.6. The number of anilines is 2. The van der Waals surface area contributed by atoms with Crippen molar-refractivity contribution in [1.82, 2.24) is 14.9 Å². The number of nitrogens with zero attached hydrogens (tertiary/aromatic N) is 3. The summed E-state index contributed by atoms with van der Waals surface area (Å²) in [6.45, 7) is 1.46. The molecule has 3 N–H and O–H groups in total. The number of benzene rings is 2. The average Bonchev–Trinajstić information content (AvgIpc) is 2.75.